The number of hydrogen-bond acceptors (Lipinski definition) is 4. The van der Waals surface area contributed by atoms with E-state index in [1.807, 2.05) is 12.1 Å². The minimum atomic E-state index is -0.285. The van der Waals surface area contributed by atoms with E-state index in [-0.39, 0.29) is 18.4 Å². The van der Waals surface area contributed by atoms with Gasteiger partial charge in [0, 0.05) is 24.5 Å². The largest absolute Gasteiger partial charge is 0.494 e. The summed E-state index contributed by atoms with van der Waals surface area (Å²) in [6.45, 7) is 3.22. The summed E-state index contributed by atoms with van der Waals surface area (Å²) in [5, 5.41) is 5.39. The Labute approximate surface area is 154 Å². The topological polar surface area (TPSA) is 80.3 Å². The molecule has 6 nitrogen and oxygen atoms in total. The number of pyridine rings is 1. The van der Waals surface area contributed by atoms with Gasteiger partial charge in [-0.15, -0.1) is 0 Å². The average molecular weight is 355 g/mol. The van der Waals surface area contributed by atoms with Gasteiger partial charge in [-0.05, 0) is 48.7 Å². The third-order valence-corrected chi connectivity index (χ3v) is 3.75. The van der Waals surface area contributed by atoms with Crippen LogP contribution >= 0.6 is 0 Å². The van der Waals surface area contributed by atoms with E-state index in [4.69, 9.17) is 4.74 Å². The number of unbranched alkanes of at least 4 members (excludes halogenated alkanes) is 1. The summed E-state index contributed by atoms with van der Waals surface area (Å²) in [5.74, 6) is 0.234. The van der Waals surface area contributed by atoms with Crippen LogP contribution in [0.3, 0.4) is 0 Å². The number of hydrogen-bond donors (Lipinski definition) is 2. The van der Waals surface area contributed by atoms with Crippen molar-refractivity contribution in [2.24, 2.45) is 0 Å². The minimum Gasteiger partial charge on any atom is -0.494 e. The number of nitrogens with one attached hydrogen (secondary N) is 2. The molecule has 2 rings (SSSR count). The number of carbonyl (C=O) groups is 2. The van der Waals surface area contributed by atoms with Crippen LogP contribution in [0.4, 0.5) is 0 Å². The molecular weight excluding hydrogens is 330 g/mol. The van der Waals surface area contributed by atoms with Crippen molar-refractivity contribution in [3.05, 3.63) is 59.9 Å². The summed E-state index contributed by atoms with van der Waals surface area (Å²) in [6.07, 6.45) is 6.25. The predicted octanol–water partition coefficient (Wildman–Crippen LogP) is 2.35. The van der Waals surface area contributed by atoms with Crippen molar-refractivity contribution in [1.29, 1.82) is 0 Å². The van der Waals surface area contributed by atoms with Gasteiger partial charge >= 0.3 is 0 Å². The van der Waals surface area contributed by atoms with Crippen molar-refractivity contribution in [2.75, 3.05) is 19.7 Å². The van der Waals surface area contributed by atoms with Crippen molar-refractivity contribution < 1.29 is 14.3 Å². The maximum absolute atomic E-state index is 12.1. The van der Waals surface area contributed by atoms with Crippen molar-refractivity contribution >= 4 is 11.8 Å². The molecule has 0 unspecified atom stereocenters. The van der Waals surface area contributed by atoms with Crippen LogP contribution < -0.4 is 15.4 Å². The Hall–Kier alpha value is -2.89. The molecular formula is C20H25N3O3. The summed E-state index contributed by atoms with van der Waals surface area (Å²) in [4.78, 5) is 27.9. The zero-order chi connectivity index (χ0) is 18.6. The summed E-state index contributed by atoms with van der Waals surface area (Å²) in [6, 6.07) is 10.7. The molecule has 6 heteroatoms. The van der Waals surface area contributed by atoms with Crippen LogP contribution in [0.25, 0.3) is 0 Å². The van der Waals surface area contributed by atoms with E-state index in [1.54, 1.807) is 36.7 Å². The maximum Gasteiger partial charge on any atom is 0.251 e. The Bertz CT molecular complexity index is 687. The normalized spacial score (nSPS) is 10.2. The summed E-state index contributed by atoms with van der Waals surface area (Å²) in [7, 11) is 0. The second kappa shape index (κ2) is 10.9. The molecule has 0 saturated heterocycles. The number of ether oxygens (including phenoxy) is 1. The molecule has 0 saturated carbocycles. The average Bonchev–Trinajstić information content (AvgIpc) is 2.68. The molecule has 26 heavy (non-hydrogen) atoms. The van der Waals surface area contributed by atoms with Gasteiger partial charge in [0.2, 0.25) is 5.91 Å². The van der Waals surface area contributed by atoms with Crippen LogP contribution in [0.1, 0.15) is 35.7 Å². The Morgan fingerprint density at radius 2 is 1.92 bits per heavy atom. The highest BCUT2D eigenvalue weighted by atomic mass is 16.5. The molecule has 0 radical (unpaired) electrons. The highest BCUT2D eigenvalue weighted by Gasteiger charge is 2.08. The lowest BCUT2D eigenvalue weighted by Gasteiger charge is -2.08. The van der Waals surface area contributed by atoms with E-state index in [0.29, 0.717) is 25.1 Å². The van der Waals surface area contributed by atoms with Crippen LogP contribution in [-0.4, -0.2) is 36.5 Å². The molecule has 2 N–H and O–H groups in total. The van der Waals surface area contributed by atoms with E-state index in [1.165, 1.54) is 0 Å². The van der Waals surface area contributed by atoms with E-state index in [9.17, 15) is 9.59 Å². The molecule has 1 heterocycles. The number of carbonyl (C=O) groups excluding carboxylic acids is 2. The van der Waals surface area contributed by atoms with Crippen molar-refractivity contribution in [3.8, 4) is 5.75 Å². The summed E-state index contributed by atoms with van der Waals surface area (Å²) in [5.41, 5.74) is 1.55. The molecule has 1 aromatic carbocycles. The highest BCUT2D eigenvalue weighted by molar-refractivity contribution is 5.96. The molecule has 0 atom stereocenters. The van der Waals surface area contributed by atoms with Crippen LogP contribution in [0.5, 0.6) is 5.75 Å². The first-order valence-electron chi connectivity index (χ1n) is 8.85. The van der Waals surface area contributed by atoms with Gasteiger partial charge < -0.3 is 15.4 Å². The van der Waals surface area contributed by atoms with Gasteiger partial charge in [-0.2, -0.15) is 0 Å². The first-order chi connectivity index (χ1) is 12.7. The van der Waals surface area contributed by atoms with Gasteiger partial charge in [0.15, 0.2) is 0 Å². The molecule has 138 valence electrons. The zero-order valence-electron chi connectivity index (χ0n) is 15.0. The molecule has 0 aliphatic rings. The first kappa shape index (κ1) is 19.4. The minimum absolute atomic E-state index is 0.0549. The third-order valence-electron chi connectivity index (χ3n) is 3.75. The monoisotopic (exact) mass is 355 g/mol. The summed E-state index contributed by atoms with van der Waals surface area (Å²) < 4.78 is 5.56. The standard InChI is InChI=1S/C20H25N3O3/c1-2-3-13-26-18-8-6-17(7-9-18)20(25)23-15-19(24)22-12-10-16-5-4-11-21-14-16/h4-9,11,14H,2-3,10,12-13,15H2,1H3,(H,22,24)(H,23,25). The number of nitrogens with zero attached hydrogens (tertiary/aromatic N) is 1. The Morgan fingerprint density at radius 1 is 1.12 bits per heavy atom. The molecule has 0 aliphatic heterocycles. The predicted molar refractivity (Wildman–Crippen MR) is 100 cm³/mol. The van der Waals surface area contributed by atoms with Crippen molar-refractivity contribution in [2.45, 2.75) is 26.2 Å². The lowest BCUT2D eigenvalue weighted by molar-refractivity contribution is -0.120. The number of amides is 2. The Morgan fingerprint density at radius 3 is 2.62 bits per heavy atom. The van der Waals surface area contributed by atoms with Gasteiger partial charge in [-0.3, -0.25) is 14.6 Å². The molecule has 1 aromatic heterocycles. The van der Waals surface area contributed by atoms with E-state index >= 15 is 0 Å². The van der Waals surface area contributed by atoms with Gasteiger partial charge in [0.1, 0.15) is 5.75 Å². The Kier molecular flexibility index (Phi) is 8.12. The molecule has 0 bridgehead atoms. The lowest BCUT2D eigenvalue weighted by atomic mass is 10.2. The fraction of sp³-hybridized carbons (Fsp3) is 0.350. The second-order valence-electron chi connectivity index (χ2n) is 5.87. The molecule has 2 aromatic rings. The second-order valence-corrected chi connectivity index (χ2v) is 5.87. The Balaban J connectivity index is 1.67. The smallest absolute Gasteiger partial charge is 0.251 e. The van der Waals surface area contributed by atoms with Crippen LogP contribution in [0.2, 0.25) is 0 Å². The molecule has 0 spiro atoms. The van der Waals surface area contributed by atoms with Gasteiger partial charge in [0.05, 0.1) is 13.2 Å². The SMILES string of the molecule is CCCCOc1ccc(C(=O)NCC(=O)NCCc2cccnc2)cc1. The van der Waals surface area contributed by atoms with E-state index in [0.717, 1.165) is 24.2 Å². The van der Waals surface area contributed by atoms with Gasteiger partial charge in [0.25, 0.3) is 5.91 Å². The third kappa shape index (κ3) is 6.93. The van der Waals surface area contributed by atoms with Crippen LogP contribution in [0, 0.1) is 0 Å². The van der Waals surface area contributed by atoms with E-state index in [2.05, 4.69) is 22.5 Å². The van der Waals surface area contributed by atoms with Gasteiger partial charge in [-0.25, -0.2) is 0 Å². The highest BCUT2D eigenvalue weighted by Crippen LogP contribution is 2.12. The summed E-state index contributed by atoms with van der Waals surface area (Å²) >= 11 is 0. The fourth-order valence-electron chi connectivity index (χ4n) is 2.25. The maximum atomic E-state index is 12.1. The van der Waals surface area contributed by atoms with Gasteiger partial charge in [-0.1, -0.05) is 19.4 Å². The molecule has 2 amide bonds. The number of benzene rings is 1. The number of rotatable bonds is 10. The molecule has 0 aliphatic carbocycles. The molecule has 0 fully saturated rings. The van der Waals surface area contributed by atoms with Crippen molar-refractivity contribution in [3.63, 3.8) is 0 Å². The van der Waals surface area contributed by atoms with E-state index < -0.39 is 0 Å². The first-order valence-corrected chi connectivity index (χ1v) is 8.85. The van der Waals surface area contributed by atoms with Crippen LogP contribution in [0.15, 0.2) is 48.8 Å². The van der Waals surface area contributed by atoms with Crippen LogP contribution in [-0.2, 0) is 11.2 Å². The number of aromatic nitrogens is 1. The zero-order valence-corrected chi connectivity index (χ0v) is 15.0. The quantitative estimate of drug-likeness (QED) is 0.641. The lowest BCUT2D eigenvalue weighted by Crippen LogP contribution is -2.37. The van der Waals surface area contributed by atoms with Crippen molar-refractivity contribution in [1.82, 2.24) is 15.6 Å². The fourth-order valence-corrected chi connectivity index (χ4v) is 2.25.